The molecule has 2 unspecified atom stereocenters. The van der Waals surface area contributed by atoms with Gasteiger partial charge in [0.1, 0.15) is 5.82 Å². The Bertz CT molecular complexity index is 406. The Labute approximate surface area is 123 Å². The van der Waals surface area contributed by atoms with Crippen molar-refractivity contribution >= 4 is 0 Å². The minimum atomic E-state index is -0.153. The minimum Gasteiger partial charge on any atom is -0.312 e. The van der Waals surface area contributed by atoms with E-state index in [0.717, 1.165) is 31.4 Å². The lowest BCUT2D eigenvalue weighted by Crippen LogP contribution is -2.57. The standard InChI is InChI=1S/C17H29FN2/c1-6-11-19-16(17(3,7-2)20(4)5)13-14-9-8-10-15(18)12-14/h8-10,12,16,19H,6-7,11,13H2,1-5H3. The van der Waals surface area contributed by atoms with Gasteiger partial charge in [-0.05, 0) is 64.5 Å². The van der Waals surface area contributed by atoms with Gasteiger partial charge in [-0.25, -0.2) is 4.39 Å². The van der Waals surface area contributed by atoms with Crippen LogP contribution in [0.3, 0.4) is 0 Å². The van der Waals surface area contributed by atoms with Crippen LogP contribution in [0.5, 0.6) is 0 Å². The highest BCUT2D eigenvalue weighted by molar-refractivity contribution is 5.19. The highest BCUT2D eigenvalue weighted by Gasteiger charge is 2.34. The summed E-state index contributed by atoms with van der Waals surface area (Å²) >= 11 is 0. The summed E-state index contributed by atoms with van der Waals surface area (Å²) in [5, 5.41) is 3.65. The molecule has 0 saturated heterocycles. The number of likely N-dealkylation sites (N-methyl/N-ethyl adjacent to an activating group) is 1. The van der Waals surface area contributed by atoms with Crippen LogP contribution in [0.1, 0.15) is 39.2 Å². The molecule has 20 heavy (non-hydrogen) atoms. The summed E-state index contributed by atoms with van der Waals surface area (Å²) in [5.74, 6) is -0.153. The van der Waals surface area contributed by atoms with Gasteiger partial charge in [0.05, 0.1) is 0 Å². The second-order valence-corrected chi connectivity index (χ2v) is 5.95. The van der Waals surface area contributed by atoms with Gasteiger partial charge in [-0.15, -0.1) is 0 Å². The quantitative estimate of drug-likeness (QED) is 0.784. The van der Waals surface area contributed by atoms with E-state index in [1.54, 1.807) is 12.1 Å². The number of halogens is 1. The molecule has 0 spiro atoms. The van der Waals surface area contributed by atoms with Crippen LogP contribution in [0.25, 0.3) is 0 Å². The number of hydrogen-bond donors (Lipinski definition) is 1. The molecule has 0 bridgehead atoms. The molecule has 2 nitrogen and oxygen atoms in total. The SMILES string of the molecule is CCCNC(Cc1cccc(F)c1)C(C)(CC)N(C)C. The van der Waals surface area contributed by atoms with Crippen molar-refractivity contribution in [3.8, 4) is 0 Å². The predicted octanol–water partition coefficient (Wildman–Crippen LogP) is 3.47. The molecule has 0 radical (unpaired) electrons. The van der Waals surface area contributed by atoms with Crippen molar-refractivity contribution in [2.75, 3.05) is 20.6 Å². The molecule has 114 valence electrons. The van der Waals surface area contributed by atoms with Crippen LogP contribution >= 0.6 is 0 Å². The summed E-state index contributed by atoms with van der Waals surface area (Å²) in [6.45, 7) is 7.65. The minimum absolute atomic E-state index is 0.0570. The number of rotatable bonds is 8. The molecule has 0 aliphatic heterocycles. The van der Waals surface area contributed by atoms with Crippen molar-refractivity contribution in [2.24, 2.45) is 0 Å². The highest BCUT2D eigenvalue weighted by Crippen LogP contribution is 2.24. The molecule has 0 aromatic heterocycles. The number of hydrogen-bond acceptors (Lipinski definition) is 2. The van der Waals surface area contributed by atoms with Crippen molar-refractivity contribution in [3.63, 3.8) is 0 Å². The molecule has 1 aromatic rings. The number of benzene rings is 1. The van der Waals surface area contributed by atoms with Crippen LogP contribution in [-0.4, -0.2) is 37.1 Å². The molecule has 0 amide bonds. The number of nitrogens with one attached hydrogen (secondary N) is 1. The first-order chi connectivity index (χ1) is 9.43. The predicted molar refractivity (Wildman–Crippen MR) is 84.6 cm³/mol. The zero-order valence-electron chi connectivity index (χ0n) is 13.5. The first kappa shape index (κ1) is 17.1. The maximum atomic E-state index is 13.4. The zero-order chi connectivity index (χ0) is 15.2. The van der Waals surface area contributed by atoms with Gasteiger partial charge >= 0.3 is 0 Å². The fourth-order valence-electron chi connectivity index (χ4n) is 2.60. The lowest BCUT2D eigenvalue weighted by molar-refractivity contribution is 0.112. The summed E-state index contributed by atoms with van der Waals surface area (Å²) in [6.07, 6.45) is 3.00. The fourth-order valence-corrected chi connectivity index (χ4v) is 2.60. The molecule has 3 heteroatoms. The smallest absolute Gasteiger partial charge is 0.123 e. The van der Waals surface area contributed by atoms with Crippen molar-refractivity contribution in [1.82, 2.24) is 10.2 Å². The van der Waals surface area contributed by atoms with Crippen LogP contribution in [0.2, 0.25) is 0 Å². The topological polar surface area (TPSA) is 15.3 Å². The molecule has 2 atom stereocenters. The van der Waals surface area contributed by atoms with Crippen molar-refractivity contribution in [2.45, 2.75) is 51.6 Å². The van der Waals surface area contributed by atoms with E-state index in [4.69, 9.17) is 0 Å². The second kappa shape index (κ2) is 7.75. The molecule has 0 aliphatic rings. The third-order valence-electron chi connectivity index (χ3n) is 4.46. The van der Waals surface area contributed by atoms with Gasteiger partial charge in [-0.1, -0.05) is 26.0 Å². The Morgan fingerprint density at radius 1 is 1.30 bits per heavy atom. The second-order valence-electron chi connectivity index (χ2n) is 5.95. The van der Waals surface area contributed by atoms with E-state index in [1.165, 1.54) is 6.07 Å². The zero-order valence-corrected chi connectivity index (χ0v) is 13.5. The van der Waals surface area contributed by atoms with Crippen LogP contribution in [0.4, 0.5) is 4.39 Å². The summed E-state index contributed by atoms with van der Waals surface area (Å²) in [4.78, 5) is 2.28. The molecule has 0 fully saturated rings. The van der Waals surface area contributed by atoms with Gasteiger partial charge in [0, 0.05) is 11.6 Å². The number of nitrogens with zero attached hydrogens (tertiary/aromatic N) is 1. The summed E-state index contributed by atoms with van der Waals surface area (Å²) in [7, 11) is 4.24. The highest BCUT2D eigenvalue weighted by atomic mass is 19.1. The first-order valence-corrected chi connectivity index (χ1v) is 7.59. The van der Waals surface area contributed by atoms with E-state index in [-0.39, 0.29) is 11.4 Å². The van der Waals surface area contributed by atoms with Crippen molar-refractivity contribution < 1.29 is 4.39 Å². The van der Waals surface area contributed by atoms with E-state index in [9.17, 15) is 4.39 Å². The molecular formula is C17H29FN2. The van der Waals surface area contributed by atoms with Crippen LogP contribution in [0.15, 0.2) is 24.3 Å². The van der Waals surface area contributed by atoms with E-state index < -0.39 is 0 Å². The molecule has 0 saturated carbocycles. The van der Waals surface area contributed by atoms with Gasteiger partial charge in [0.2, 0.25) is 0 Å². The van der Waals surface area contributed by atoms with Gasteiger partial charge in [-0.3, -0.25) is 0 Å². The normalized spacial score (nSPS) is 16.1. The molecule has 0 aliphatic carbocycles. The van der Waals surface area contributed by atoms with E-state index in [0.29, 0.717) is 6.04 Å². The van der Waals surface area contributed by atoms with E-state index >= 15 is 0 Å². The van der Waals surface area contributed by atoms with E-state index in [1.807, 2.05) is 6.07 Å². The van der Waals surface area contributed by atoms with Crippen LogP contribution < -0.4 is 5.32 Å². The first-order valence-electron chi connectivity index (χ1n) is 7.59. The van der Waals surface area contributed by atoms with Gasteiger partial charge < -0.3 is 10.2 Å². The Hall–Kier alpha value is -0.930. The lowest BCUT2D eigenvalue weighted by atomic mass is 9.84. The maximum Gasteiger partial charge on any atom is 0.123 e. The third kappa shape index (κ3) is 4.29. The molecule has 1 rings (SSSR count). The molecule has 1 N–H and O–H groups in total. The van der Waals surface area contributed by atoms with Crippen LogP contribution in [-0.2, 0) is 6.42 Å². The molecular weight excluding hydrogens is 251 g/mol. The summed E-state index contributed by atoms with van der Waals surface area (Å²) in [6, 6.07) is 7.26. The largest absolute Gasteiger partial charge is 0.312 e. The van der Waals surface area contributed by atoms with Crippen molar-refractivity contribution in [3.05, 3.63) is 35.6 Å². The van der Waals surface area contributed by atoms with Gasteiger partial charge in [0.15, 0.2) is 0 Å². The Morgan fingerprint density at radius 2 is 2.00 bits per heavy atom. The lowest BCUT2D eigenvalue weighted by Gasteiger charge is -2.43. The molecule has 1 aromatic carbocycles. The van der Waals surface area contributed by atoms with E-state index in [2.05, 4.69) is 45.1 Å². The third-order valence-corrected chi connectivity index (χ3v) is 4.46. The van der Waals surface area contributed by atoms with Gasteiger partial charge in [-0.2, -0.15) is 0 Å². The Kier molecular flexibility index (Phi) is 6.63. The van der Waals surface area contributed by atoms with Crippen LogP contribution in [0, 0.1) is 5.82 Å². The maximum absolute atomic E-state index is 13.4. The summed E-state index contributed by atoms with van der Waals surface area (Å²) in [5.41, 5.74) is 1.11. The fraction of sp³-hybridized carbons (Fsp3) is 0.647. The monoisotopic (exact) mass is 280 g/mol. The Morgan fingerprint density at radius 3 is 2.50 bits per heavy atom. The Balaban J connectivity index is 2.94. The molecule has 0 heterocycles. The van der Waals surface area contributed by atoms with Gasteiger partial charge in [0.25, 0.3) is 0 Å². The average molecular weight is 280 g/mol. The van der Waals surface area contributed by atoms with Crippen molar-refractivity contribution in [1.29, 1.82) is 0 Å². The average Bonchev–Trinajstić information content (AvgIpc) is 2.42. The summed E-state index contributed by atoms with van der Waals surface area (Å²) < 4.78 is 13.4.